The maximum atomic E-state index is 5.25. The summed E-state index contributed by atoms with van der Waals surface area (Å²) >= 11 is 1.97. The van der Waals surface area contributed by atoms with Crippen molar-refractivity contribution in [2.24, 2.45) is 0 Å². The number of thioether (sulfide) groups is 1. The smallest absolute Gasteiger partial charge is 0.118 e. The van der Waals surface area contributed by atoms with E-state index in [-0.39, 0.29) is 0 Å². The minimum absolute atomic E-state index is 0.476. The van der Waals surface area contributed by atoms with Gasteiger partial charge in [0.15, 0.2) is 0 Å². The van der Waals surface area contributed by atoms with Crippen LogP contribution in [0.2, 0.25) is 0 Å². The van der Waals surface area contributed by atoms with Gasteiger partial charge in [0.2, 0.25) is 0 Å². The van der Waals surface area contributed by atoms with Gasteiger partial charge in [0.05, 0.1) is 7.11 Å². The molecule has 4 heteroatoms. The first-order chi connectivity index (χ1) is 12.6. The zero-order valence-electron chi connectivity index (χ0n) is 15.7. The number of methoxy groups -OCH3 is 1. The van der Waals surface area contributed by atoms with Gasteiger partial charge in [-0.05, 0) is 56.0 Å². The molecule has 0 saturated heterocycles. The van der Waals surface area contributed by atoms with Gasteiger partial charge in [0, 0.05) is 29.0 Å². The van der Waals surface area contributed by atoms with E-state index in [1.807, 2.05) is 36.3 Å². The van der Waals surface area contributed by atoms with Gasteiger partial charge in [-0.25, -0.2) is 4.98 Å². The lowest BCUT2D eigenvalue weighted by Crippen LogP contribution is -2.10. The molecule has 1 heterocycles. The molecular weight excluding hydrogens is 340 g/mol. The molecule has 1 unspecified atom stereocenters. The number of aromatic amines is 1. The van der Waals surface area contributed by atoms with Gasteiger partial charge in [-0.3, -0.25) is 0 Å². The molecule has 0 aliphatic rings. The molecule has 136 valence electrons. The summed E-state index contributed by atoms with van der Waals surface area (Å²) in [4.78, 5) is 9.05. The fourth-order valence-electron chi connectivity index (χ4n) is 2.96. The van der Waals surface area contributed by atoms with E-state index in [1.165, 1.54) is 21.6 Å². The largest absolute Gasteiger partial charge is 0.497 e. The van der Waals surface area contributed by atoms with Crippen LogP contribution in [-0.2, 0) is 12.8 Å². The van der Waals surface area contributed by atoms with E-state index < -0.39 is 0 Å². The van der Waals surface area contributed by atoms with Gasteiger partial charge in [-0.15, -0.1) is 11.8 Å². The number of hydrogen-bond donors (Lipinski definition) is 1. The number of rotatable bonds is 8. The Bertz CT molecular complexity index is 813. The minimum atomic E-state index is 0.476. The van der Waals surface area contributed by atoms with Crippen molar-refractivity contribution in [3.63, 3.8) is 0 Å². The standard InChI is InChI=1S/C22H26N2OS/c1-16-4-5-17(2)21(14-16)26-20(15-22-23-12-13-24-22)11-8-18-6-9-19(25-3)10-7-18/h4-7,9-10,12-14,20H,8,11,15H2,1-3H3,(H,23,24). The van der Waals surface area contributed by atoms with Crippen LogP contribution in [0.5, 0.6) is 5.75 Å². The second-order valence-corrected chi connectivity index (χ2v) is 7.98. The molecule has 0 fully saturated rings. The molecular formula is C22H26N2OS. The summed E-state index contributed by atoms with van der Waals surface area (Å²) in [5.41, 5.74) is 4.00. The Kier molecular flexibility index (Phi) is 6.40. The van der Waals surface area contributed by atoms with E-state index in [9.17, 15) is 0 Å². The summed E-state index contributed by atoms with van der Waals surface area (Å²) in [6, 6.07) is 15.1. The van der Waals surface area contributed by atoms with Crippen molar-refractivity contribution in [1.82, 2.24) is 9.97 Å². The number of nitrogens with zero attached hydrogens (tertiary/aromatic N) is 1. The molecule has 3 aromatic rings. The Balaban J connectivity index is 1.70. The quantitative estimate of drug-likeness (QED) is 0.545. The molecule has 0 amide bonds. The topological polar surface area (TPSA) is 37.9 Å². The molecule has 0 radical (unpaired) electrons. The Morgan fingerprint density at radius 2 is 1.92 bits per heavy atom. The van der Waals surface area contributed by atoms with Crippen LogP contribution in [0.3, 0.4) is 0 Å². The van der Waals surface area contributed by atoms with Crippen LogP contribution < -0.4 is 4.74 Å². The summed E-state index contributed by atoms with van der Waals surface area (Å²) in [5, 5.41) is 0.476. The lowest BCUT2D eigenvalue weighted by molar-refractivity contribution is 0.414. The number of aryl methyl sites for hydroxylation is 3. The number of benzene rings is 2. The monoisotopic (exact) mass is 366 g/mol. The molecule has 0 bridgehead atoms. The molecule has 0 spiro atoms. The number of imidazole rings is 1. The third-order valence-corrected chi connectivity index (χ3v) is 5.96. The maximum absolute atomic E-state index is 5.25. The van der Waals surface area contributed by atoms with Crippen LogP contribution in [0.4, 0.5) is 0 Å². The van der Waals surface area contributed by atoms with Crippen LogP contribution in [0.25, 0.3) is 0 Å². The number of H-pyrrole nitrogens is 1. The highest BCUT2D eigenvalue weighted by atomic mass is 32.2. The average molecular weight is 367 g/mol. The minimum Gasteiger partial charge on any atom is -0.497 e. The maximum Gasteiger partial charge on any atom is 0.118 e. The van der Waals surface area contributed by atoms with Crippen molar-refractivity contribution < 1.29 is 4.74 Å². The fraction of sp³-hybridized carbons (Fsp3) is 0.318. The Morgan fingerprint density at radius 1 is 1.12 bits per heavy atom. The van der Waals surface area contributed by atoms with Crippen molar-refractivity contribution in [1.29, 1.82) is 0 Å². The van der Waals surface area contributed by atoms with Crippen LogP contribution in [0.1, 0.15) is 28.9 Å². The highest BCUT2D eigenvalue weighted by molar-refractivity contribution is 8.00. The first-order valence-electron chi connectivity index (χ1n) is 8.99. The second-order valence-electron chi connectivity index (χ2n) is 6.64. The Hall–Kier alpha value is -2.20. The van der Waals surface area contributed by atoms with Crippen molar-refractivity contribution in [2.75, 3.05) is 7.11 Å². The van der Waals surface area contributed by atoms with Crippen LogP contribution in [-0.4, -0.2) is 22.3 Å². The molecule has 0 aliphatic heterocycles. The highest BCUT2D eigenvalue weighted by Gasteiger charge is 2.15. The van der Waals surface area contributed by atoms with E-state index in [2.05, 4.69) is 54.1 Å². The van der Waals surface area contributed by atoms with Crippen molar-refractivity contribution in [3.8, 4) is 5.75 Å². The Morgan fingerprint density at radius 3 is 2.62 bits per heavy atom. The van der Waals surface area contributed by atoms with Crippen molar-refractivity contribution in [2.45, 2.75) is 43.3 Å². The van der Waals surface area contributed by atoms with Crippen molar-refractivity contribution in [3.05, 3.63) is 77.4 Å². The summed E-state index contributed by atoms with van der Waals surface area (Å²) in [6.45, 7) is 4.34. The summed E-state index contributed by atoms with van der Waals surface area (Å²) in [6.07, 6.45) is 6.83. The van der Waals surface area contributed by atoms with Crippen LogP contribution in [0.15, 0.2) is 59.8 Å². The van der Waals surface area contributed by atoms with Crippen molar-refractivity contribution >= 4 is 11.8 Å². The van der Waals surface area contributed by atoms with Gasteiger partial charge in [-0.1, -0.05) is 29.8 Å². The highest BCUT2D eigenvalue weighted by Crippen LogP contribution is 2.31. The lowest BCUT2D eigenvalue weighted by atomic mass is 10.1. The molecule has 1 aromatic heterocycles. The van der Waals surface area contributed by atoms with Crippen LogP contribution >= 0.6 is 11.8 Å². The number of aromatic nitrogens is 2. The predicted octanol–water partition coefficient (Wildman–Crippen LogP) is 5.37. The van der Waals surface area contributed by atoms with Gasteiger partial charge in [0.1, 0.15) is 11.6 Å². The Labute approximate surface area is 160 Å². The first-order valence-corrected chi connectivity index (χ1v) is 9.87. The molecule has 3 rings (SSSR count). The zero-order valence-corrected chi connectivity index (χ0v) is 16.5. The van der Waals surface area contributed by atoms with Gasteiger partial charge < -0.3 is 9.72 Å². The fourth-order valence-corrected chi connectivity index (χ4v) is 4.31. The molecule has 1 atom stereocenters. The molecule has 0 saturated carbocycles. The number of nitrogens with one attached hydrogen (secondary N) is 1. The molecule has 1 N–H and O–H groups in total. The van der Waals surface area contributed by atoms with Gasteiger partial charge in [0.25, 0.3) is 0 Å². The third-order valence-electron chi connectivity index (χ3n) is 4.53. The molecule has 0 aliphatic carbocycles. The van der Waals surface area contributed by atoms with E-state index in [0.717, 1.165) is 30.8 Å². The molecule has 2 aromatic carbocycles. The third kappa shape index (κ3) is 5.15. The zero-order chi connectivity index (χ0) is 18.4. The lowest BCUT2D eigenvalue weighted by Gasteiger charge is -2.17. The predicted molar refractivity (Wildman–Crippen MR) is 109 cm³/mol. The summed E-state index contributed by atoms with van der Waals surface area (Å²) in [7, 11) is 1.70. The van der Waals surface area contributed by atoms with Crippen LogP contribution in [0, 0.1) is 13.8 Å². The van der Waals surface area contributed by atoms with E-state index >= 15 is 0 Å². The first kappa shape index (κ1) is 18.6. The molecule has 26 heavy (non-hydrogen) atoms. The molecule has 3 nitrogen and oxygen atoms in total. The average Bonchev–Trinajstić information content (AvgIpc) is 3.16. The van der Waals surface area contributed by atoms with Gasteiger partial charge in [-0.2, -0.15) is 0 Å². The van der Waals surface area contributed by atoms with E-state index in [0.29, 0.717) is 5.25 Å². The van der Waals surface area contributed by atoms with E-state index in [4.69, 9.17) is 4.74 Å². The summed E-state index contributed by atoms with van der Waals surface area (Å²) in [5.74, 6) is 1.97. The van der Waals surface area contributed by atoms with E-state index in [1.54, 1.807) is 7.11 Å². The summed E-state index contributed by atoms with van der Waals surface area (Å²) < 4.78 is 5.25. The number of ether oxygens (including phenoxy) is 1. The van der Waals surface area contributed by atoms with Gasteiger partial charge >= 0.3 is 0 Å². The number of hydrogen-bond acceptors (Lipinski definition) is 3. The SMILES string of the molecule is COc1ccc(CCC(Cc2ncc[nH]2)Sc2cc(C)ccc2C)cc1. The second kappa shape index (κ2) is 8.95. The normalized spacial score (nSPS) is 12.1.